The normalized spacial score (nSPS) is 16.6. The first kappa shape index (κ1) is 19.7. The van der Waals surface area contributed by atoms with E-state index < -0.39 is 0 Å². The molecule has 4 heteroatoms. The van der Waals surface area contributed by atoms with E-state index in [1.165, 1.54) is 32.1 Å². The molecule has 0 saturated heterocycles. The molecule has 0 amide bonds. The van der Waals surface area contributed by atoms with E-state index in [1.807, 2.05) is 30.3 Å². The van der Waals surface area contributed by atoms with E-state index in [9.17, 15) is 9.90 Å². The molecule has 1 aliphatic rings. The van der Waals surface area contributed by atoms with Crippen LogP contribution in [0.2, 0.25) is 0 Å². The number of benzene rings is 1. The molecule has 0 spiro atoms. The predicted octanol–water partition coefficient (Wildman–Crippen LogP) is 3.05. The van der Waals surface area contributed by atoms with E-state index in [-0.39, 0.29) is 48.1 Å². The molecule has 118 valence electrons. The molecule has 1 N–H and O–H groups in total. The van der Waals surface area contributed by atoms with Crippen LogP contribution in [0.3, 0.4) is 0 Å². The number of esters is 1. The second-order valence-corrected chi connectivity index (χ2v) is 6.04. The Balaban J connectivity index is 0.00000242. The van der Waals surface area contributed by atoms with Crippen molar-refractivity contribution in [1.29, 1.82) is 0 Å². The van der Waals surface area contributed by atoms with Gasteiger partial charge in [0.2, 0.25) is 0 Å². The van der Waals surface area contributed by atoms with Gasteiger partial charge < -0.3 is 9.84 Å². The number of rotatable bonds is 7. The van der Waals surface area contributed by atoms with Gasteiger partial charge in [-0.25, -0.2) is 0 Å². The Morgan fingerprint density at radius 2 is 1.86 bits per heavy atom. The second kappa shape index (κ2) is 11.2. The van der Waals surface area contributed by atoms with E-state index in [0.717, 1.165) is 12.0 Å². The molecule has 0 aromatic heterocycles. The predicted molar refractivity (Wildman–Crippen MR) is 89.8 cm³/mol. The molecule has 3 nitrogen and oxygen atoms in total. The molecule has 1 unspecified atom stereocenters. The Morgan fingerprint density at radius 1 is 1.18 bits per heavy atom. The van der Waals surface area contributed by atoms with Gasteiger partial charge >= 0.3 is 35.5 Å². The van der Waals surface area contributed by atoms with Crippen molar-refractivity contribution in [2.45, 2.75) is 51.6 Å². The molecule has 0 radical (unpaired) electrons. The van der Waals surface area contributed by atoms with Gasteiger partial charge in [0.15, 0.2) is 0 Å². The first-order valence-electron chi connectivity index (χ1n) is 8.11. The molecule has 1 aliphatic carbocycles. The molecule has 0 aliphatic heterocycles. The van der Waals surface area contributed by atoms with Crippen LogP contribution in [0.25, 0.3) is 0 Å². The summed E-state index contributed by atoms with van der Waals surface area (Å²) >= 11 is 0. The number of carbonyl (C=O) groups excluding carboxylic acids is 1. The summed E-state index contributed by atoms with van der Waals surface area (Å²) < 4.78 is 5.43. The van der Waals surface area contributed by atoms with Gasteiger partial charge in [0.25, 0.3) is 0 Å². The molecular weight excluding hydrogens is 287 g/mol. The summed E-state index contributed by atoms with van der Waals surface area (Å²) in [5, 5.41) is 9.19. The fourth-order valence-electron chi connectivity index (χ4n) is 3.16. The number of ether oxygens (including phenoxy) is 1. The van der Waals surface area contributed by atoms with Crippen LogP contribution in [0.15, 0.2) is 30.3 Å². The van der Waals surface area contributed by atoms with Gasteiger partial charge in [0.1, 0.15) is 6.61 Å². The summed E-state index contributed by atoms with van der Waals surface area (Å²) in [6.07, 6.45) is 7.69. The van der Waals surface area contributed by atoms with Crippen LogP contribution >= 0.6 is 0 Å². The Kier molecular flexibility index (Phi) is 10.1. The van der Waals surface area contributed by atoms with E-state index in [2.05, 4.69) is 0 Å². The average molecular weight is 314 g/mol. The van der Waals surface area contributed by atoms with Crippen molar-refractivity contribution in [3.05, 3.63) is 35.9 Å². The van der Waals surface area contributed by atoms with Crippen molar-refractivity contribution in [1.82, 2.24) is 0 Å². The van der Waals surface area contributed by atoms with E-state index in [4.69, 9.17) is 4.74 Å². The molecule has 0 heterocycles. The SMILES string of the molecule is O=C(OCc1ccccc1)C(CCO)CC1CCCCC1.[NaH]. The summed E-state index contributed by atoms with van der Waals surface area (Å²) in [6.45, 7) is 0.379. The molecule has 1 saturated carbocycles. The van der Waals surface area contributed by atoms with Crippen LogP contribution in [-0.2, 0) is 16.1 Å². The van der Waals surface area contributed by atoms with Gasteiger partial charge in [0.05, 0.1) is 5.92 Å². The quantitative estimate of drug-likeness (QED) is 0.621. The van der Waals surface area contributed by atoms with Crippen molar-refractivity contribution in [2.24, 2.45) is 11.8 Å². The zero-order valence-corrected chi connectivity index (χ0v) is 12.7. The fraction of sp³-hybridized carbons (Fsp3) is 0.611. The molecule has 2 rings (SSSR count). The van der Waals surface area contributed by atoms with Gasteiger partial charge in [-0.05, 0) is 24.3 Å². The third kappa shape index (κ3) is 6.82. The molecule has 0 bridgehead atoms. The summed E-state index contributed by atoms with van der Waals surface area (Å²) in [6, 6.07) is 9.74. The zero-order chi connectivity index (χ0) is 14.9. The first-order chi connectivity index (χ1) is 10.3. The van der Waals surface area contributed by atoms with Gasteiger partial charge in [-0.1, -0.05) is 62.4 Å². The Morgan fingerprint density at radius 3 is 2.50 bits per heavy atom. The number of hydrogen-bond acceptors (Lipinski definition) is 3. The van der Waals surface area contributed by atoms with E-state index >= 15 is 0 Å². The molecular formula is C18H27NaO3. The van der Waals surface area contributed by atoms with Crippen LogP contribution in [0.4, 0.5) is 0 Å². The Hall–Kier alpha value is -0.350. The minimum absolute atomic E-state index is 0. The van der Waals surface area contributed by atoms with Gasteiger partial charge in [-0.3, -0.25) is 4.79 Å². The number of carbonyl (C=O) groups is 1. The van der Waals surface area contributed by atoms with Crippen LogP contribution in [0.1, 0.15) is 50.5 Å². The number of hydrogen-bond donors (Lipinski definition) is 1. The minimum atomic E-state index is -0.154. The third-order valence-corrected chi connectivity index (χ3v) is 4.38. The van der Waals surface area contributed by atoms with Crippen molar-refractivity contribution >= 4 is 35.5 Å². The molecule has 1 aromatic carbocycles. The van der Waals surface area contributed by atoms with Crippen LogP contribution in [-0.4, -0.2) is 47.2 Å². The number of aliphatic hydroxyl groups is 1. The van der Waals surface area contributed by atoms with Crippen LogP contribution in [0.5, 0.6) is 0 Å². The Labute approximate surface area is 155 Å². The second-order valence-electron chi connectivity index (χ2n) is 6.04. The van der Waals surface area contributed by atoms with Crippen molar-refractivity contribution < 1.29 is 14.6 Å². The average Bonchev–Trinajstić information content (AvgIpc) is 2.54. The van der Waals surface area contributed by atoms with Crippen LogP contribution < -0.4 is 0 Å². The molecule has 1 aromatic rings. The van der Waals surface area contributed by atoms with Crippen LogP contribution in [0, 0.1) is 11.8 Å². The van der Waals surface area contributed by atoms with Crippen molar-refractivity contribution in [2.75, 3.05) is 6.61 Å². The maximum atomic E-state index is 12.2. The fourth-order valence-corrected chi connectivity index (χ4v) is 3.16. The maximum absolute atomic E-state index is 12.2. The van der Waals surface area contributed by atoms with Gasteiger partial charge in [-0.2, -0.15) is 0 Å². The first-order valence-corrected chi connectivity index (χ1v) is 8.11. The van der Waals surface area contributed by atoms with Gasteiger partial charge in [-0.15, -0.1) is 0 Å². The molecule has 1 atom stereocenters. The Bertz CT molecular complexity index is 416. The number of aliphatic hydroxyl groups excluding tert-OH is 1. The van der Waals surface area contributed by atoms with Gasteiger partial charge in [0, 0.05) is 6.61 Å². The topological polar surface area (TPSA) is 46.5 Å². The van der Waals surface area contributed by atoms with Crippen molar-refractivity contribution in [3.8, 4) is 0 Å². The standard InChI is InChI=1S/C18H26O3.Na.H/c19-12-11-17(13-15-7-3-1-4-8-15)18(20)21-14-16-9-5-2-6-10-16;;/h2,5-6,9-10,15,17,19H,1,3-4,7-8,11-14H2;;. The van der Waals surface area contributed by atoms with E-state index in [0.29, 0.717) is 18.9 Å². The summed E-state index contributed by atoms with van der Waals surface area (Å²) in [4.78, 5) is 12.2. The summed E-state index contributed by atoms with van der Waals surface area (Å²) in [5.41, 5.74) is 1.01. The monoisotopic (exact) mass is 314 g/mol. The molecule has 1 fully saturated rings. The summed E-state index contributed by atoms with van der Waals surface area (Å²) in [7, 11) is 0. The zero-order valence-electron chi connectivity index (χ0n) is 12.7. The molecule has 22 heavy (non-hydrogen) atoms. The van der Waals surface area contributed by atoms with Crippen molar-refractivity contribution in [3.63, 3.8) is 0 Å². The third-order valence-electron chi connectivity index (χ3n) is 4.38. The summed E-state index contributed by atoms with van der Waals surface area (Å²) in [5.74, 6) is 0.319. The van der Waals surface area contributed by atoms with E-state index in [1.54, 1.807) is 0 Å².